The van der Waals surface area contributed by atoms with Crippen molar-refractivity contribution in [1.29, 1.82) is 0 Å². The van der Waals surface area contributed by atoms with Crippen LogP contribution in [0.3, 0.4) is 0 Å². The molecule has 1 amide bonds. The van der Waals surface area contributed by atoms with Crippen LogP contribution in [-0.2, 0) is 4.79 Å². The summed E-state index contributed by atoms with van der Waals surface area (Å²) in [6.07, 6.45) is 1.77. The van der Waals surface area contributed by atoms with E-state index in [0.29, 0.717) is 0 Å². The van der Waals surface area contributed by atoms with Crippen LogP contribution >= 0.6 is 0 Å². The van der Waals surface area contributed by atoms with Crippen molar-refractivity contribution in [3.05, 3.63) is 0 Å². The lowest BCUT2D eigenvalue weighted by molar-refractivity contribution is -0.110. The van der Waals surface area contributed by atoms with Gasteiger partial charge >= 0.3 is 0 Å². The molecule has 3 nitrogen and oxygen atoms in total. The van der Waals surface area contributed by atoms with Crippen molar-refractivity contribution in [3.63, 3.8) is 0 Å². The van der Waals surface area contributed by atoms with E-state index in [4.69, 9.17) is 0 Å². The summed E-state index contributed by atoms with van der Waals surface area (Å²) in [6, 6.07) is 0.241. The standard InChI is InChI=1S/C9H18N2O/c1-8(2)5-7(10-6-12)9(3,4)11-8/h6-7,11H,5H2,1-4H3,(H,10,12). The summed E-state index contributed by atoms with van der Waals surface area (Å²) in [5, 5.41) is 6.33. The van der Waals surface area contributed by atoms with Crippen molar-refractivity contribution in [2.24, 2.45) is 0 Å². The fraction of sp³-hybridized carbons (Fsp3) is 0.889. The molecule has 1 fully saturated rings. The molecule has 0 spiro atoms. The van der Waals surface area contributed by atoms with Gasteiger partial charge in [-0.05, 0) is 34.1 Å². The van der Waals surface area contributed by atoms with Gasteiger partial charge in [-0.15, -0.1) is 0 Å². The average molecular weight is 170 g/mol. The molecule has 0 aromatic heterocycles. The quantitative estimate of drug-likeness (QED) is 0.597. The third kappa shape index (κ3) is 1.78. The van der Waals surface area contributed by atoms with Gasteiger partial charge in [0.25, 0.3) is 0 Å². The molecular formula is C9H18N2O. The van der Waals surface area contributed by atoms with Crippen molar-refractivity contribution in [1.82, 2.24) is 10.6 Å². The number of amides is 1. The molecule has 1 aliphatic heterocycles. The lowest BCUT2D eigenvalue weighted by atomic mass is 9.95. The summed E-state index contributed by atoms with van der Waals surface area (Å²) in [4.78, 5) is 10.3. The average Bonchev–Trinajstić information content (AvgIpc) is 2.01. The van der Waals surface area contributed by atoms with Crippen molar-refractivity contribution in [3.8, 4) is 0 Å². The molecule has 70 valence electrons. The Morgan fingerprint density at radius 2 is 2.00 bits per heavy atom. The number of rotatable bonds is 2. The van der Waals surface area contributed by atoms with Crippen molar-refractivity contribution in [2.75, 3.05) is 0 Å². The normalized spacial score (nSPS) is 31.5. The van der Waals surface area contributed by atoms with Gasteiger partial charge in [0.15, 0.2) is 0 Å². The number of carbonyl (C=O) groups excluding carboxylic acids is 1. The molecule has 2 N–H and O–H groups in total. The van der Waals surface area contributed by atoms with E-state index in [2.05, 4.69) is 38.3 Å². The fourth-order valence-electron chi connectivity index (χ4n) is 2.13. The van der Waals surface area contributed by atoms with E-state index in [9.17, 15) is 4.79 Å². The van der Waals surface area contributed by atoms with Crippen LogP contribution in [0.2, 0.25) is 0 Å². The van der Waals surface area contributed by atoms with Crippen LogP contribution in [0, 0.1) is 0 Å². The molecule has 1 rings (SSSR count). The van der Waals surface area contributed by atoms with Crippen LogP contribution in [0.15, 0.2) is 0 Å². The zero-order chi connectivity index (χ0) is 9.41. The molecular weight excluding hydrogens is 152 g/mol. The second kappa shape index (κ2) is 2.73. The minimum atomic E-state index is 0.00438. The van der Waals surface area contributed by atoms with E-state index < -0.39 is 0 Å². The molecule has 12 heavy (non-hydrogen) atoms. The molecule has 0 aromatic carbocycles. The summed E-state index contributed by atoms with van der Waals surface area (Å²) in [5.41, 5.74) is 0.134. The van der Waals surface area contributed by atoms with Crippen LogP contribution in [0.25, 0.3) is 0 Å². The van der Waals surface area contributed by atoms with Gasteiger partial charge in [-0.1, -0.05) is 0 Å². The summed E-state index contributed by atoms with van der Waals surface area (Å²) in [6.45, 7) is 8.54. The Bertz CT molecular complexity index is 187. The number of nitrogens with one attached hydrogen (secondary N) is 2. The Morgan fingerprint density at radius 3 is 2.33 bits per heavy atom. The molecule has 3 heteroatoms. The van der Waals surface area contributed by atoms with Gasteiger partial charge in [0.05, 0.1) is 0 Å². The molecule has 1 atom stereocenters. The van der Waals surface area contributed by atoms with Crippen LogP contribution in [-0.4, -0.2) is 23.5 Å². The first-order valence-electron chi connectivity index (χ1n) is 4.36. The van der Waals surface area contributed by atoms with Gasteiger partial charge in [0.1, 0.15) is 0 Å². The molecule has 1 saturated heterocycles. The number of hydrogen-bond donors (Lipinski definition) is 2. The second-order valence-electron chi connectivity index (χ2n) is 4.77. The third-order valence-corrected chi connectivity index (χ3v) is 2.52. The van der Waals surface area contributed by atoms with E-state index in [-0.39, 0.29) is 17.1 Å². The lowest BCUT2D eigenvalue weighted by Gasteiger charge is -2.27. The largest absolute Gasteiger partial charge is 0.354 e. The van der Waals surface area contributed by atoms with Crippen molar-refractivity contribution < 1.29 is 4.79 Å². The van der Waals surface area contributed by atoms with E-state index >= 15 is 0 Å². The molecule has 0 aromatic rings. The predicted octanol–water partition coefficient (Wildman–Crippen LogP) is 0.651. The highest BCUT2D eigenvalue weighted by molar-refractivity contribution is 5.47. The number of hydrogen-bond acceptors (Lipinski definition) is 2. The van der Waals surface area contributed by atoms with E-state index in [1.807, 2.05) is 0 Å². The summed E-state index contributed by atoms with van der Waals surface area (Å²) < 4.78 is 0. The van der Waals surface area contributed by atoms with E-state index in [1.54, 1.807) is 0 Å². The smallest absolute Gasteiger partial charge is 0.207 e. The highest BCUT2D eigenvalue weighted by Gasteiger charge is 2.43. The van der Waals surface area contributed by atoms with E-state index in [0.717, 1.165) is 12.8 Å². The van der Waals surface area contributed by atoms with Crippen LogP contribution < -0.4 is 10.6 Å². The zero-order valence-corrected chi connectivity index (χ0v) is 8.27. The topological polar surface area (TPSA) is 41.1 Å². The van der Waals surface area contributed by atoms with E-state index in [1.165, 1.54) is 0 Å². The molecule has 0 bridgehead atoms. The maximum absolute atomic E-state index is 10.3. The monoisotopic (exact) mass is 170 g/mol. The van der Waals surface area contributed by atoms with Gasteiger partial charge < -0.3 is 10.6 Å². The molecule has 1 unspecified atom stereocenters. The SMILES string of the molecule is CC1(C)CC(NC=O)C(C)(C)N1. The maximum Gasteiger partial charge on any atom is 0.207 e. The number of carbonyl (C=O) groups is 1. The first-order chi connectivity index (χ1) is 5.37. The Hall–Kier alpha value is -0.570. The summed E-state index contributed by atoms with van der Waals surface area (Å²) >= 11 is 0. The Morgan fingerprint density at radius 1 is 1.42 bits per heavy atom. The van der Waals surface area contributed by atoms with Gasteiger partial charge in [0.2, 0.25) is 6.41 Å². The zero-order valence-electron chi connectivity index (χ0n) is 8.27. The second-order valence-corrected chi connectivity index (χ2v) is 4.77. The third-order valence-electron chi connectivity index (χ3n) is 2.52. The highest BCUT2D eigenvalue weighted by Crippen LogP contribution is 2.29. The van der Waals surface area contributed by atoms with Crippen LogP contribution in [0.5, 0.6) is 0 Å². The first-order valence-corrected chi connectivity index (χ1v) is 4.36. The van der Waals surface area contributed by atoms with Gasteiger partial charge in [0, 0.05) is 17.1 Å². The van der Waals surface area contributed by atoms with Crippen LogP contribution in [0.1, 0.15) is 34.1 Å². The summed E-state index contributed by atoms with van der Waals surface area (Å²) in [7, 11) is 0. The highest BCUT2D eigenvalue weighted by atomic mass is 16.1. The van der Waals surface area contributed by atoms with Gasteiger partial charge in [-0.25, -0.2) is 0 Å². The molecule has 0 radical (unpaired) electrons. The fourth-order valence-corrected chi connectivity index (χ4v) is 2.13. The Balaban J connectivity index is 2.70. The maximum atomic E-state index is 10.3. The van der Waals surface area contributed by atoms with Crippen molar-refractivity contribution >= 4 is 6.41 Å². The summed E-state index contributed by atoms with van der Waals surface area (Å²) in [5.74, 6) is 0. The Labute approximate surface area is 73.9 Å². The lowest BCUT2D eigenvalue weighted by Crippen LogP contribution is -2.50. The minimum absolute atomic E-state index is 0.00438. The molecule has 0 saturated carbocycles. The molecule has 1 heterocycles. The van der Waals surface area contributed by atoms with Crippen LogP contribution in [0.4, 0.5) is 0 Å². The minimum Gasteiger partial charge on any atom is -0.354 e. The Kier molecular flexibility index (Phi) is 2.17. The predicted molar refractivity (Wildman–Crippen MR) is 48.9 cm³/mol. The van der Waals surface area contributed by atoms with Gasteiger partial charge in [-0.2, -0.15) is 0 Å². The molecule has 0 aliphatic carbocycles. The molecule has 1 aliphatic rings. The van der Waals surface area contributed by atoms with Gasteiger partial charge in [-0.3, -0.25) is 4.79 Å². The first kappa shape index (κ1) is 9.52. The van der Waals surface area contributed by atoms with Crippen molar-refractivity contribution in [2.45, 2.75) is 51.2 Å².